The van der Waals surface area contributed by atoms with Crippen molar-refractivity contribution in [3.05, 3.63) is 46.7 Å². The van der Waals surface area contributed by atoms with Gasteiger partial charge >= 0.3 is 5.97 Å². The highest BCUT2D eigenvalue weighted by atomic mass is 35.5. The molecule has 0 aliphatic heterocycles. The van der Waals surface area contributed by atoms with Crippen molar-refractivity contribution >= 4 is 17.6 Å². The number of hydrogen-bond acceptors (Lipinski definition) is 3. The normalized spacial score (nSPS) is 10.4. The molecular weight excluding hydrogens is 264 g/mol. The molecular formula is C14H13ClN2O2. The van der Waals surface area contributed by atoms with Crippen molar-refractivity contribution in [3.63, 3.8) is 0 Å². The van der Waals surface area contributed by atoms with Crippen LogP contribution in [0.4, 0.5) is 0 Å². The minimum Gasteiger partial charge on any atom is -0.481 e. The van der Waals surface area contributed by atoms with Gasteiger partial charge in [-0.25, -0.2) is 9.97 Å². The third-order valence-corrected chi connectivity index (χ3v) is 3.02. The quantitative estimate of drug-likeness (QED) is 0.872. The van der Waals surface area contributed by atoms with Crippen LogP contribution < -0.4 is 0 Å². The van der Waals surface area contributed by atoms with Gasteiger partial charge in [0.15, 0.2) is 5.82 Å². The van der Waals surface area contributed by atoms with E-state index in [1.807, 2.05) is 31.2 Å². The molecule has 0 fully saturated rings. The third kappa shape index (κ3) is 3.51. The molecule has 1 heterocycles. The average molecular weight is 277 g/mol. The molecule has 19 heavy (non-hydrogen) atoms. The molecule has 2 aromatic rings. The number of benzene rings is 1. The zero-order valence-corrected chi connectivity index (χ0v) is 11.2. The predicted octanol–water partition coefficient (Wildman–Crippen LogP) is 3.12. The first-order chi connectivity index (χ1) is 9.06. The van der Waals surface area contributed by atoms with Gasteiger partial charge < -0.3 is 5.11 Å². The van der Waals surface area contributed by atoms with Crippen LogP contribution in [0.2, 0.25) is 5.15 Å². The maximum absolute atomic E-state index is 10.5. The third-order valence-electron chi connectivity index (χ3n) is 2.70. The molecule has 1 aromatic carbocycles. The Morgan fingerprint density at radius 1 is 1.42 bits per heavy atom. The second-order valence-corrected chi connectivity index (χ2v) is 4.63. The number of aryl methyl sites for hydroxylation is 2. The van der Waals surface area contributed by atoms with E-state index in [4.69, 9.17) is 16.7 Å². The number of carboxylic acid groups (broad SMARTS) is 1. The number of hydrogen-bond donors (Lipinski definition) is 1. The van der Waals surface area contributed by atoms with Gasteiger partial charge in [-0.2, -0.15) is 0 Å². The highest BCUT2D eigenvalue weighted by Crippen LogP contribution is 2.21. The fourth-order valence-electron chi connectivity index (χ4n) is 1.72. The minimum atomic E-state index is -0.862. The number of carbonyl (C=O) groups is 1. The smallest absolute Gasteiger partial charge is 0.303 e. The van der Waals surface area contributed by atoms with Crippen molar-refractivity contribution in [3.8, 4) is 11.4 Å². The van der Waals surface area contributed by atoms with Crippen LogP contribution in [0.1, 0.15) is 17.5 Å². The molecule has 0 amide bonds. The van der Waals surface area contributed by atoms with E-state index in [0.717, 1.165) is 11.1 Å². The highest BCUT2D eigenvalue weighted by Gasteiger charge is 2.08. The SMILES string of the molecule is Cc1cccc(-c2ncc(CCC(=O)O)c(Cl)n2)c1. The Balaban J connectivity index is 2.26. The van der Waals surface area contributed by atoms with Gasteiger partial charge in [0.1, 0.15) is 5.15 Å². The summed E-state index contributed by atoms with van der Waals surface area (Å²) in [4.78, 5) is 19.0. The number of rotatable bonds is 4. The summed E-state index contributed by atoms with van der Waals surface area (Å²) >= 11 is 6.06. The van der Waals surface area contributed by atoms with E-state index in [2.05, 4.69) is 9.97 Å². The molecule has 0 radical (unpaired) electrons. The Hall–Kier alpha value is -1.94. The lowest BCUT2D eigenvalue weighted by Gasteiger charge is -2.05. The monoisotopic (exact) mass is 276 g/mol. The van der Waals surface area contributed by atoms with Crippen LogP contribution in [0, 0.1) is 6.92 Å². The van der Waals surface area contributed by atoms with Gasteiger partial charge in [-0.3, -0.25) is 4.79 Å². The van der Waals surface area contributed by atoms with Crippen LogP contribution >= 0.6 is 11.6 Å². The van der Waals surface area contributed by atoms with E-state index < -0.39 is 5.97 Å². The van der Waals surface area contributed by atoms with Crippen molar-refractivity contribution < 1.29 is 9.90 Å². The number of aliphatic carboxylic acids is 1. The lowest BCUT2D eigenvalue weighted by molar-refractivity contribution is -0.136. The Labute approximate surface area is 116 Å². The molecule has 1 aromatic heterocycles. The first-order valence-corrected chi connectivity index (χ1v) is 6.24. The van der Waals surface area contributed by atoms with Gasteiger partial charge in [-0.15, -0.1) is 0 Å². The summed E-state index contributed by atoms with van der Waals surface area (Å²) in [7, 11) is 0. The van der Waals surface area contributed by atoms with E-state index in [-0.39, 0.29) is 6.42 Å². The van der Waals surface area contributed by atoms with E-state index in [9.17, 15) is 4.79 Å². The predicted molar refractivity (Wildman–Crippen MR) is 73.2 cm³/mol. The summed E-state index contributed by atoms with van der Waals surface area (Å²) in [5.41, 5.74) is 2.67. The number of halogens is 1. The molecule has 5 heteroatoms. The van der Waals surface area contributed by atoms with E-state index in [0.29, 0.717) is 23.0 Å². The molecule has 0 saturated carbocycles. The first-order valence-electron chi connectivity index (χ1n) is 5.86. The van der Waals surface area contributed by atoms with Crippen LogP contribution in [0.5, 0.6) is 0 Å². The van der Waals surface area contributed by atoms with Crippen molar-refractivity contribution in [2.75, 3.05) is 0 Å². The lowest BCUT2D eigenvalue weighted by Crippen LogP contribution is -2.00. The van der Waals surface area contributed by atoms with Crippen LogP contribution in [-0.4, -0.2) is 21.0 Å². The Kier molecular flexibility index (Phi) is 4.12. The van der Waals surface area contributed by atoms with Gasteiger partial charge in [0.2, 0.25) is 0 Å². The minimum absolute atomic E-state index is 0.0207. The average Bonchev–Trinajstić information content (AvgIpc) is 2.37. The van der Waals surface area contributed by atoms with E-state index in [1.165, 1.54) is 0 Å². The van der Waals surface area contributed by atoms with Crippen LogP contribution in [0.25, 0.3) is 11.4 Å². The Morgan fingerprint density at radius 2 is 2.21 bits per heavy atom. The fourth-order valence-corrected chi connectivity index (χ4v) is 1.94. The van der Waals surface area contributed by atoms with Crippen molar-refractivity contribution in [2.24, 2.45) is 0 Å². The molecule has 0 unspecified atom stereocenters. The second-order valence-electron chi connectivity index (χ2n) is 4.27. The van der Waals surface area contributed by atoms with Gasteiger partial charge in [0, 0.05) is 23.7 Å². The summed E-state index contributed by atoms with van der Waals surface area (Å²) in [6.07, 6.45) is 1.95. The van der Waals surface area contributed by atoms with Crippen molar-refractivity contribution in [2.45, 2.75) is 19.8 Å². The molecule has 1 N–H and O–H groups in total. The highest BCUT2D eigenvalue weighted by molar-refractivity contribution is 6.30. The van der Waals surface area contributed by atoms with Gasteiger partial charge in [-0.05, 0) is 19.4 Å². The fraction of sp³-hybridized carbons (Fsp3) is 0.214. The molecule has 4 nitrogen and oxygen atoms in total. The molecule has 0 aliphatic carbocycles. The lowest BCUT2D eigenvalue weighted by atomic mass is 10.1. The molecule has 0 atom stereocenters. The summed E-state index contributed by atoms with van der Waals surface area (Å²) in [6.45, 7) is 1.99. The molecule has 98 valence electrons. The number of aromatic nitrogens is 2. The van der Waals surface area contributed by atoms with Gasteiger partial charge in [-0.1, -0.05) is 35.4 Å². The Morgan fingerprint density at radius 3 is 2.84 bits per heavy atom. The zero-order chi connectivity index (χ0) is 13.8. The van der Waals surface area contributed by atoms with Crippen LogP contribution in [0.3, 0.4) is 0 Å². The van der Waals surface area contributed by atoms with E-state index >= 15 is 0 Å². The van der Waals surface area contributed by atoms with Crippen molar-refractivity contribution in [1.29, 1.82) is 0 Å². The van der Waals surface area contributed by atoms with Crippen LogP contribution in [0.15, 0.2) is 30.5 Å². The van der Waals surface area contributed by atoms with Gasteiger partial charge in [0.05, 0.1) is 0 Å². The molecule has 0 spiro atoms. The maximum Gasteiger partial charge on any atom is 0.303 e. The second kappa shape index (κ2) is 5.80. The summed E-state index contributed by atoms with van der Waals surface area (Å²) in [5, 5.41) is 8.96. The Bertz CT molecular complexity index is 614. The summed E-state index contributed by atoms with van der Waals surface area (Å²) < 4.78 is 0. The van der Waals surface area contributed by atoms with E-state index in [1.54, 1.807) is 6.20 Å². The first kappa shape index (κ1) is 13.5. The van der Waals surface area contributed by atoms with Crippen LogP contribution in [-0.2, 0) is 11.2 Å². The largest absolute Gasteiger partial charge is 0.481 e. The standard InChI is InChI=1S/C14H13ClN2O2/c1-9-3-2-4-10(7-9)14-16-8-11(13(15)17-14)5-6-12(18)19/h2-4,7-8H,5-6H2,1H3,(H,18,19). The van der Waals surface area contributed by atoms with Crippen molar-refractivity contribution in [1.82, 2.24) is 9.97 Å². The molecule has 2 rings (SSSR count). The molecule has 0 saturated heterocycles. The zero-order valence-electron chi connectivity index (χ0n) is 10.4. The number of carboxylic acids is 1. The summed E-state index contributed by atoms with van der Waals surface area (Å²) in [6, 6.07) is 7.81. The van der Waals surface area contributed by atoms with Gasteiger partial charge in [0.25, 0.3) is 0 Å². The number of nitrogens with zero attached hydrogens (tertiary/aromatic N) is 2. The summed E-state index contributed by atoms with van der Waals surface area (Å²) in [5.74, 6) is -0.313. The molecule has 0 bridgehead atoms. The molecule has 0 aliphatic rings. The topological polar surface area (TPSA) is 63.1 Å². The maximum atomic E-state index is 10.5.